The van der Waals surface area contributed by atoms with Crippen LogP contribution in [0.5, 0.6) is 11.5 Å². The molecule has 2 aromatic carbocycles. The molecule has 2 rings (SSSR count). The number of carbonyl (C=O) groups is 2. The Morgan fingerprint density at radius 1 is 1.13 bits per heavy atom. The lowest BCUT2D eigenvalue weighted by molar-refractivity contribution is -0.140. The van der Waals surface area contributed by atoms with Crippen LogP contribution in [0.1, 0.15) is 32.3 Å². The van der Waals surface area contributed by atoms with Gasteiger partial charge in [0.2, 0.25) is 11.8 Å². The molecule has 0 aromatic heterocycles. The van der Waals surface area contributed by atoms with Crippen molar-refractivity contribution < 1.29 is 19.1 Å². The van der Waals surface area contributed by atoms with Crippen LogP contribution in [-0.2, 0) is 16.1 Å². The second-order valence-electron chi connectivity index (χ2n) is 6.85. The van der Waals surface area contributed by atoms with Crippen LogP contribution < -0.4 is 14.8 Å². The number of hydrogen-bond acceptors (Lipinski definition) is 4. The number of nitrogens with one attached hydrogen (secondary N) is 1. The number of nitrogens with zero attached hydrogens (tertiary/aromatic N) is 1. The average Bonchev–Trinajstić information content (AvgIpc) is 2.75. The Hall–Kier alpha value is -2.54. The third kappa shape index (κ3) is 7.37. The van der Waals surface area contributed by atoms with Gasteiger partial charge in [-0.05, 0) is 62.2 Å². The molecule has 162 valence electrons. The Balaban J connectivity index is 1.95. The number of rotatable bonds is 11. The number of carbonyl (C=O) groups excluding carboxylic acids is 2. The highest BCUT2D eigenvalue weighted by Crippen LogP contribution is 2.18. The monoisotopic (exact) mass is 476 g/mol. The zero-order valence-corrected chi connectivity index (χ0v) is 19.3. The minimum absolute atomic E-state index is 0.0768. The molecule has 2 amide bonds. The van der Waals surface area contributed by atoms with E-state index in [1.165, 1.54) is 0 Å². The predicted octanol–water partition coefficient (Wildman–Crippen LogP) is 4.17. The Bertz CT molecular complexity index is 826. The molecule has 0 fully saturated rings. The number of methoxy groups -OCH3 is 1. The smallest absolute Gasteiger partial charge is 0.242 e. The number of benzene rings is 2. The van der Waals surface area contributed by atoms with Crippen molar-refractivity contribution in [1.82, 2.24) is 10.2 Å². The molecule has 0 bridgehead atoms. The third-order valence-electron chi connectivity index (χ3n) is 4.62. The van der Waals surface area contributed by atoms with Gasteiger partial charge in [-0.2, -0.15) is 0 Å². The summed E-state index contributed by atoms with van der Waals surface area (Å²) in [4.78, 5) is 26.9. The number of halogens is 1. The average molecular weight is 477 g/mol. The van der Waals surface area contributed by atoms with Gasteiger partial charge in [-0.3, -0.25) is 9.59 Å². The van der Waals surface area contributed by atoms with E-state index in [1.807, 2.05) is 55.5 Å². The molecule has 0 radical (unpaired) electrons. The van der Waals surface area contributed by atoms with E-state index in [4.69, 9.17) is 9.47 Å². The molecule has 0 aliphatic heterocycles. The van der Waals surface area contributed by atoms with E-state index in [9.17, 15) is 9.59 Å². The van der Waals surface area contributed by atoms with Gasteiger partial charge in [0, 0.05) is 24.0 Å². The van der Waals surface area contributed by atoms with Crippen LogP contribution in [0.25, 0.3) is 0 Å². The van der Waals surface area contributed by atoms with Gasteiger partial charge < -0.3 is 19.7 Å². The summed E-state index contributed by atoms with van der Waals surface area (Å²) in [7, 11) is 1.61. The van der Waals surface area contributed by atoms with Gasteiger partial charge in [0.15, 0.2) is 0 Å². The Morgan fingerprint density at radius 3 is 2.47 bits per heavy atom. The van der Waals surface area contributed by atoms with Gasteiger partial charge in [0.05, 0.1) is 13.7 Å². The zero-order chi connectivity index (χ0) is 21.9. The summed E-state index contributed by atoms with van der Waals surface area (Å²) in [5.41, 5.74) is 0.961. The lowest BCUT2D eigenvalue weighted by Crippen LogP contribution is -2.47. The van der Waals surface area contributed by atoms with Crippen LogP contribution in [0.15, 0.2) is 53.0 Å². The van der Waals surface area contributed by atoms with E-state index >= 15 is 0 Å². The van der Waals surface area contributed by atoms with Crippen molar-refractivity contribution in [2.45, 2.75) is 39.3 Å². The molecule has 0 heterocycles. The third-order valence-corrected chi connectivity index (χ3v) is 5.12. The summed E-state index contributed by atoms with van der Waals surface area (Å²) in [5.74, 6) is 1.26. The number of amides is 2. The molecule has 1 unspecified atom stereocenters. The molecule has 0 aliphatic rings. The molecule has 0 aliphatic carbocycles. The van der Waals surface area contributed by atoms with Crippen molar-refractivity contribution >= 4 is 27.7 Å². The standard InChI is InChI=1S/C23H29BrN2O4/c1-4-25-23(28)17(2)26(16-18-7-5-8-19(24)15-18)22(27)9-6-14-30-21-12-10-20(29-3)11-13-21/h5,7-8,10-13,15,17H,4,6,9,14,16H2,1-3H3,(H,25,28). The molecule has 0 saturated heterocycles. The van der Waals surface area contributed by atoms with Crippen molar-refractivity contribution in [1.29, 1.82) is 0 Å². The highest BCUT2D eigenvalue weighted by atomic mass is 79.9. The normalized spacial score (nSPS) is 11.5. The number of hydrogen-bond donors (Lipinski definition) is 1. The fourth-order valence-electron chi connectivity index (χ4n) is 2.97. The molecule has 1 N–H and O–H groups in total. The molecule has 30 heavy (non-hydrogen) atoms. The maximum Gasteiger partial charge on any atom is 0.242 e. The Morgan fingerprint density at radius 2 is 1.83 bits per heavy atom. The molecular weight excluding hydrogens is 448 g/mol. The SMILES string of the molecule is CCNC(=O)C(C)N(Cc1cccc(Br)c1)C(=O)CCCOc1ccc(OC)cc1. The van der Waals surface area contributed by atoms with Crippen LogP contribution in [0.2, 0.25) is 0 Å². The minimum atomic E-state index is -0.557. The maximum atomic E-state index is 12.9. The molecule has 0 saturated carbocycles. The van der Waals surface area contributed by atoms with Crippen molar-refractivity contribution in [3.05, 3.63) is 58.6 Å². The van der Waals surface area contributed by atoms with Gasteiger partial charge in [0.1, 0.15) is 17.5 Å². The highest BCUT2D eigenvalue weighted by Gasteiger charge is 2.25. The van der Waals surface area contributed by atoms with Crippen LogP contribution in [-0.4, -0.2) is 43.0 Å². The van der Waals surface area contributed by atoms with Crippen molar-refractivity contribution in [2.75, 3.05) is 20.3 Å². The summed E-state index contributed by atoms with van der Waals surface area (Å²) in [5, 5.41) is 2.80. The summed E-state index contributed by atoms with van der Waals surface area (Å²) in [6.45, 7) is 4.93. The highest BCUT2D eigenvalue weighted by molar-refractivity contribution is 9.10. The summed E-state index contributed by atoms with van der Waals surface area (Å²) in [6, 6.07) is 14.5. The fraction of sp³-hybridized carbons (Fsp3) is 0.391. The largest absolute Gasteiger partial charge is 0.497 e. The van der Waals surface area contributed by atoms with Gasteiger partial charge in [0.25, 0.3) is 0 Å². The van der Waals surface area contributed by atoms with Crippen molar-refractivity contribution in [3.63, 3.8) is 0 Å². The Kier molecular flexibility index (Phi) is 9.67. The van der Waals surface area contributed by atoms with Crippen LogP contribution in [0, 0.1) is 0 Å². The fourth-order valence-corrected chi connectivity index (χ4v) is 3.41. The van der Waals surface area contributed by atoms with Crippen LogP contribution in [0.4, 0.5) is 0 Å². The first-order valence-electron chi connectivity index (χ1n) is 10.0. The van der Waals surface area contributed by atoms with Crippen LogP contribution in [0.3, 0.4) is 0 Å². The van der Waals surface area contributed by atoms with E-state index in [-0.39, 0.29) is 11.8 Å². The van der Waals surface area contributed by atoms with E-state index in [2.05, 4.69) is 21.2 Å². The first-order chi connectivity index (χ1) is 14.4. The summed E-state index contributed by atoms with van der Waals surface area (Å²) in [6.07, 6.45) is 0.857. The predicted molar refractivity (Wildman–Crippen MR) is 121 cm³/mol. The van der Waals surface area contributed by atoms with E-state index in [1.54, 1.807) is 18.9 Å². The Labute approximate surface area is 186 Å². The van der Waals surface area contributed by atoms with Crippen LogP contribution >= 0.6 is 15.9 Å². The molecule has 6 nitrogen and oxygen atoms in total. The summed E-state index contributed by atoms with van der Waals surface area (Å²) < 4.78 is 11.8. The number of likely N-dealkylation sites (N-methyl/N-ethyl adjacent to an activating group) is 1. The molecule has 0 spiro atoms. The van der Waals surface area contributed by atoms with E-state index < -0.39 is 6.04 Å². The van der Waals surface area contributed by atoms with Gasteiger partial charge >= 0.3 is 0 Å². The number of ether oxygens (including phenoxy) is 2. The van der Waals surface area contributed by atoms with Crippen molar-refractivity contribution in [3.8, 4) is 11.5 Å². The summed E-state index contributed by atoms with van der Waals surface area (Å²) >= 11 is 3.46. The first-order valence-corrected chi connectivity index (χ1v) is 10.8. The lowest BCUT2D eigenvalue weighted by atomic mass is 10.1. The van der Waals surface area contributed by atoms with Gasteiger partial charge in [-0.25, -0.2) is 0 Å². The van der Waals surface area contributed by atoms with E-state index in [0.29, 0.717) is 32.5 Å². The first kappa shape index (κ1) is 23.7. The second kappa shape index (κ2) is 12.2. The topological polar surface area (TPSA) is 67.9 Å². The zero-order valence-electron chi connectivity index (χ0n) is 17.7. The van der Waals surface area contributed by atoms with E-state index in [0.717, 1.165) is 21.5 Å². The molecular formula is C23H29BrN2O4. The lowest BCUT2D eigenvalue weighted by Gasteiger charge is -2.29. The van der Waals surface area contributed by atoms with Gasteiger partial charge in [-0.15, -0.1) is 0 Å². The molecule has 2 aromatic rings. The van der Waals surface area contributed by atoms with Gasteiger partial charge in [-0.1, -0.05) is 28.1 Å². The maximum absolute atomic E-state index is 12.9. The molecule has 7 heteroatoms. The quantitative estimate of drug-likeness (QED) is 0.494. The second-order valence-corrected chi connectivity index (χ2v) is 7.77. The van der Waals surface area contributed by atoms with Crippen molar-refractivity contribution in [2.24, 2.45) is 0 Å². The minimum Gasteiger partial charge on any atom is -0.497 e. The molecule has 1 atom stereocenters.